The van der Waals surface area contributed by atoms with Crippen molar-refractivity contribution in [3.05, 3.63) is 41.7 Å². The molecule has 0 radical (unpaired) electrons. The summed E-state index contributed by atoms with van der Waals surface area (Å²) >= 11 is 0. The van der Waals surface area contributed by atoms with Crippen LogP contribution >= 0.6 is 0 Å². The van der Waals surface area contributed by atoms with Gasteiger partial charge in [0.25, 0.3) is 0 Å². The number of phenolic OH excluding ortho intramolecular Hbond substituents is 1. The van der Waals surface area contributed by atoms with E-state index in [0.717, 1.165) is 32.4 Å². The zero-order chi connectivity index (χ0) is 16.2. The molecule has 1 saturated heterocycles. The van der Waals surface area contributed by atoms with E-state index in [0.29, 0.717) is 23.5 Å². The van der Waals surface area contributed by atoms with Crippen molar-refractivity contribution < 1.29 is 10.2 Å². The number of likely N-dealkylation sites (tertiary alicyclic amines) is 1. The number of rotatable bonds is 5. The number of hydrogen-bond donors (Lipinski definition) is 2. The Morgan fingerprint density at radius 2 is 1.91 bits per heavy atom. The minimum Gasteiger partial charge on any atom is -0.508 e. The van der Waals surface area contributed by atoms with Gasteiger partial charge in [0, 0.05) is 19.1 Å². The molecule has 0 unspecified atom stereocenters. The zero-order valence-corrected chi connectivity index (χ0v) is 13.5. The molecule has 6 nitrogen and oxygen atoms in total. The quantitative estimate of drug-likeness (QED) is 0.879. The highest BCUT2D eigenvalue weighted by atomic mass is 16.3. The van der Waals surface area contributed by atoms with E-state index in [1.807, 2.05) is 23.0 Å². The van der Waals surface area contributed by atoms with Crippen LogP contribution in [0.3, 0.4) is 0 Å². The predicted molar refractivity (Wildman–Crippen MR) is 87.1 cm³/mol. The molecule has 2 aromatic rings. The highest BCUT2D eigenvalue weighted by Gasteiger charge is 2.24. The SMILES string of the molecule is C[C@@H](Cc1ccc(O)cc1)N1CCC(n2cc(CO)nn2)CC1. The molecular formula is C17H24N4O2. The van der Waals surface area contributed by atoms with E-state index in [9.17, 15) is 5.11 Å². The third kappa shape index (κ3) is 3.89. The fraction of sp³-hybridized carbons (Fsp3) is 0.529. The molecular weight excluding hydrogens is 292 g/mol. The summed E-state index contributed by atoms with van der Waals surface area (Å²) in [6.07, 6.45) is 4.94. The van der Waals surface area contributed by atoms with Crippen molar-refractivity contribution in [3.8, 4) is 5.75 Å². The summed E-state index contributed by atoms with van der Waals surface area (Å²) in [7, 11) is 0. The molecule has 2 N–H and O–H groups in total. The third-order valence-corrected chi connectivity index (χ3v) is 4.68. The summed E-state index contributed by atoms with van der Waals surface area (Å²) in [6, 6.07) is 8.33. The van der Waals surface area contributed by atoms with Crippen LogP contribution in [0.2, 0.25) is 0 Å². The molecule has 0 spiro atoms. The molecule has 0 aliphatic carbocycles. The van der Waals surface area contributed by atoms with Crippen LogP contribution in [0.4, 0.5) is 0 Å². The maximum absolute atomic E-state index is 9.36. The lowest BCUT2D eigenvalue weighted by Crippen LogP contribution is -2.41. The molecule has 1 aromatic heterocycles. The van der Waals surface area contributed by atoms with Crippen LogP contribution in [-0.4, -0.2) is 49.2 Å². The lowest BCUT2D eigenvalue weighted by atomic mass is 10.0. The van der Waals surface area contributed by atoms with Gasteiger partial charge in [0.05, 0.1) is 18.8 Å². The molecule has 3 rings (SSSR count). The zero-order valence-electron chi connectivity index (χ0n) is 13.5. The Morgan fingerprint density at radius 3 is 2.52 bits per heavy atom. The number of aromatic nitrogens is 3. The molecule has 0 saturated carbocycles. The van der Waals surface area contributed by atoms with E-state index >= 15 is 0 Å². The molecule has 0 amide bonds. The van der Waals surface area contributed by atoms with Crippen LogP contribution < -0.4 is 0 Å². The van der Waals surface area contributed by atoms with Crippen molar-refractivity contribution in [2.45, 2.75) is 44.9 Å². The van der Waals surface area contributed by atoms with Crippen molar-refractivity contribution in [2.75, 3.05) is 13.1 Å². The normalized spacial score (nSPS) is 18.2. The lowest BCUT2D eigenvalue weighted by molar-refractivity contribution is 0.137. The standard InChI is InChI=1S/C17H24N4O2/c1-13(10-14-2-4-17(23)5-3-14)20-8-6-16(7-9-20)21-11-15(12-22)18-19-21/h2-5,11,13,16,22-23H,6-10,12H2,1H3/t13-/m0/s1. The van der Waals surface area contributed by atoms with E-state index in [4.69, 9.17) is 5.11 Å². The van der Waals surface area contributed by atoms with Crippen molar-refractivity contribution in [2.24, 2.45) is 0 Å². The number of benzene rings is 1. The molecule has 1 fully saturated rings. The second-order valence-corrected chi connectivity index (χ2v) is 6.33. The van der Waals surface area contributed by atoms with Crippen molar-refractivity contribution in [1.29, 1.82) is 0 Å². The largest absolute Gasteiger partial charge is 0.508 e. The van der Waals surface area contributed by atoms with Crippen LogP contribution in [0.15, 0.2) is 30.5 Å². The van der Waals surface area contributed by atoms with E-state index in [1.165, 1.54) is 5.56 Å². The maximum atomic E-state index is 9.36. The number of piperidine rings is 1. The van der Waals surface area contributed by atoms with Gasteiger partial charge in [-0.05, 0) is 43.9 Å². The van der Waals surface area contributed by atoms with Gasteiger partial charge in [-0.1, -0.05) is 17.3 Å². The Morgan fingerprint density at radius 1 is 1.22 bits per heavy atom. The lowest BCUT2D eigenvalue weighted by Gasteiger charge is -2.36. The second-order valence-electron chi connectivity index (χ2n) is 6.33. The first-order valence-electron chi connectivity index (χ1n) is 8.19. The third-order valence-electron chi connectivity index (χ3n) is 4.68. The fourth-order valence-electron chi connectivity index (χ4n) is 3.26. The van der Waals surface area contributed by atoms with Crippen LogP contribution in [0.5, 0.6) is 5.75 Å². The molecule has 1 atom stereocenters. The van der Waals surface area contributed by atoms with E-state index in [-0.39, 0.29) is 6.61 Å². The van der Waals surface area contributed by atoms with Gasteiger partial charge >= 0.3 is 0 Å². The van der Waals surface area contributed by atoms with Crippen molar-refractivity contribution >= 4 is 0 Å². The first-order valence-corrected chi connectivity index (χ1v) is 8.19. The Kier molecular flexibility index (Phi) is 4.93. The van der Waals surface area contributed by atoms with Gasteiger partial charge in [0.15, 0.2) is 0 Å². The predicted octanol–water partition coefficient (Wildman–Crippen LogP) is 1.74. The summed E-state index contributed by atoms with van der Waals surface area (Å²) in [5.41, 5.74) is 1.88. The number of nitrogens with zero attached hydrogens (tertiary/aromatic N) is 4. The smallest absolute Gasteiger partial charge is 0.115 e. The molecule has 6 heteroatoms. The summed E-state index contributed by atoms with van der Waals surface area (Å²) in [6.45, 7) is 4.28. The number of aliphatic hydroxyl groups is 1. The second kappa shape index (κ2) is 7.10. The fourth-order valence-corrected chi connectivity index (χ4v) is 3.26. The summed E-state index contributed by atoms with van der Waals surface area (Å²) < 4.78 is 1.90. The molecule has 1 aliphatic rings. The van der Waals surface area contributed by atoms with Gasteiger partial charge in [-0.25, -0.2) is 4.68 Å². The molecule has 1 aromatic carbocycles. The number of phenols is 1. The minimum absolute atomic E-state index is 0.0531. The Balaban J connectivity index is 1.52. The van der Waals surface area contributed by atoms with Gasteiger partial charge in [-0.15, -0.1) is 5.10 Å². The van der Waals surface area contributed by atoms with E-state index < -0.39 is 0 Å². The topological polar surface area (TPSA) is 74.4 Å². The van der Waals surface area contributed by atoms with Gasteiger partial charge in [-0.3, -0.25) is 0 Å². The molecule has 2 heterocycles. The van der Waals surface area contributed by atoms with E-state index in [2.05, 4.69) is 22.1 Å². The van der Waals surface area contributed by atoms with Crippen LogP contribution in [0.25, 0.3) is 0 Å². The monoisotopic (exact) mass is 316 g/mol. The summed E-state index contributed by atoms with van der Waals surface area (Å²) in [5.74, 6) is 0.317. The molecule has 0 bridgehead atoms. The van der Waals surface area contributed by atoms with Crippen molar-refractivity contribution in [3.63, 3.8) is 0 Å². The van der Waals surface area contributed by atoms with Crippen molar-refractivity contribution in [1.82, 2.24) is 19.9 Å². The number of hydrogen-bond acceptors (Lipinski definition) is 5. The number of aromatic hydroxyl groups is 1. The van der Waals surface area contributed by atoms with Gasteiger partial charge < -0.3 is 15.1 Å². The highest BCUT2D eigenvalue weighted by molar-refractivity contribution is 5.26. The molecule has 124 valence electrons. The summed E-state index contributed by atoms with van der Waals surface area (Å²) in [5, 5.41) is 26.5. The maximum Gasteiger partial charge on any atom is 0.115 e. The van der Waals surface area contributed by atoms with Gasteiger partial charge in [-0.2, -0.15) is 0 Å². The average Bonchev–Trinajstić information content (AvgIpc) is 3.06. The van der Waals surface area contributed by atoms with Gasteiger partial charge in [0.1, 0.15) is 11.4 Å². The van der Waals surface area contributed by atoms with Crippen LogP contribution in [-0.2, 0) is 13.0 Å². The first-order chi connectivity index (χ1) is 11.2. The Bertz CT molecular complexity index is 618. The molecule has 1 aliphatic heterocycles. The average molecular weight is 316 g/mol. The van der Waals surface area contributed by atoms with E-state index in [1.54, 1.807) is 12.1 Å². The highest BCUT2D eigenvalue weighted by Crippen LogP contribution is 2.24. The first kappa shape index (κ1) is 16.0. The Labute approximate surface area is 136 Å². The van der Waals surface area contributed by atoms with Crippen LogP contribution in [0, 0.1) is 0 Å². The summed E-state index contributed by atoms with van der Waals surface area (Å²) in [4.78, 5) is 2.51. The van der Waals surface area contributed by atoms with Crippen LogP contribution in [0.1, 0.15) is 37.1 Å². The molecule has 23 heavy (non-hydrogen) atoms. The minimum atomic E-state index is -0.0531. The van der Waals surface area contributed by atoms with Gasteiger partial charge in [0.2, 0.25) is 0 Å². The Hall–Kier alpha value is -1.92. The number of aliphatic hydroxyl groups excluding tert-OH is 1.